The molecule has 1 unspecified atom stereocenters. The van der Waals surface area contributed by atoms with Crippen molar-refractivity contribution in [1.82, 2.24) is 5.43 Å². The van der Waals surface area contributed by atoms with E-state index in [0.29, 0.717) is 5.41 Å². The van der Waals surface area contributed by atoms with Gasteiger partial charge in [0.15, 0.2) is 0 Å². The molecule has 4 rings (SSSR count). The summed E-state index contributed by atoms with van der Waals surface area (Å²) in [4.78, 5) is 0. The second-order valence-electron chi connectivity index (χ2n) is 8.26. The number of hydrogen-bond donors (Lipinski definition) is 2. The molecular formula is C16H30N2O2S. The molecule has 0 aromatic carbocycles. The molecule has 0 amide bonds. The Morgan fingerprint density at radius 3 is 2.10 bits per heavy atom. The van der Waals surface area contributed by atoms with Crippen LogP contribution in [-0.4, -0.2) is 26.5 Å². The SMILES string of the molecule is CS(=O)(=O)CCCC(CC12CC3CC(CC(C3)C1)C2)NN. The Kier molecular flexibility index (Phi) is 4.37. The van der Waals surface area contributed by atoms with Gasteiger partial charge < -0.3 is 0 Å². The van der Waals surface area contributed by atoms with Gasteiger partial charge in [-0.15, -0.1) is 0 Å². The van der Waals surface area contributed by atoms with Crippen LogP contribution in [0, 0.1) is 23.2 Å². The van der Waals surface area contributed by atoms with Crippen LogP contribution in [0.4, 0.5) is 0 Å². The summed E-state index contributed by atoms with van der Waals surface area (Å²) >= 11 is 0. The van der Waals surface area contributed by atoms with Crippen molar-refractivity contribution < 1.29 is 8.42 Å². The van der Waals surface area contributed by atoms with Gasteiger partial charge in [-0.1, -0.05) is 0 Å². The van der Waals surface area contributed by atoms with Crippen molar-refractivity contribution in [2.75, 3.05) is 12.0 Å². The molecule has 0 aliphatic heterocycles. The Morgan fingerprint density at radius 1 is 1.14 bits per heavy atom. The quantitative estimate of drug-likeness (QED) is 0.558. The lowest BCUT2D eigenvalue weighted by Gasteiger charge is -2.57. The first-order chi connectivity index (χ1) is 9.87. The Balaban J connectivity index is 1.56. The molecule has 4 bridgehead atoms. The predicted molar refractivity (Wildman–Crippen MR) is 85.3 cm³/mol. The fourth-order valence-corrected chi connectivity index (χ4v) is 6.59. The van der Waals surface area contributed by atoms with Gasteiger partial charge in [0.2, 0.25) is 0 Å². The normalized spacial score (nSPS) is 39.6. The molecule has 0 aromatic heterocycles. The van der Waals surface area contributed by atoms with Gasteiger partial charge in [0.1, 0.15) is 9.84 Å². The Morgan fingerprint density at radius 2 is 1.67 bits per heavy atom. The molecule has 4 nitrogen and oxygen atoms in total. The van der Waals surface area contributed by atoms with Crippen molar-refractivity contribution >= 4 is 9.84 Å². The summed E-state index contributed by atoms with van der Waals surface area (Å²) in [5, 5.41) is 0. The van der Waals surface area contributed by atoms with Crippen LogP contribution in [0.2, 0.25) is 0 Å². The number of nitrogens with one attached hydrogen (secondary N) is 1. The van der Waals surface area contributed by atoms with Crippen molar-refractivity contribution in [3.8, 4) is 0 Å². The van der Waals surface area contributed by atoms with Crippen LogP contribution in [0.3, 0.4) is 0 Å². The van der Waals surface area contributed by atoms with Gasteiger partial charge in [0, 0.05) is 18.1 Å². The first kappa shape index (κ1) is 15.8. The van der Waals surface area contributed by atoms with E-state index in [4.69, 9.17) is 5.84 Å². The molecule has 1 atom stereocenters. The summed E-state index contributed by atoms with van der Waals surface area (Å²) in [6, 6.07) is 0.281. The zero-order valence-electron chi connectivity index (χ0n) is 13.2. The smallest absolute Gasteiger partial charge is 0.147 e. The van der Waals surface area contributed by atoms with E-state index in [-0.39, 0.29) is 11.8 Å². The maximum atomic E-state index is 11.3. The second-order valence-corrected chi connectivity index (χ2v) is 10.5. The summed E-state index contributed by atoms with van der Waals surface area (Å²) < 4.78 is 22.5. The average molecular weight is 314 g/mol. The molecular weight excluding hydrogens is 284 g/mol. The van der Waals surface area contributed by atoms with Gasteiger partial charge in [0.25, 0.3) is 0 Å². The molecule has 0 saturated heterocycles. The van der Waals surface area contributed by atoms with E-state index in [0.717, 1.165) is 37.0 Å². The van der Waals surface area contributed by atoms with Crippen molar-refractivity contribution in [2.24, 2.45) is 29.0 Å². The van der Waals surface area contributed by atoms with Crippen LogP contribution in [0.5, 0.6) is 0 Å². The maximum absolute atomic E-state index is 11.3. The Hall–Kier alpha value is -0.130. The van der Waals surface area contributed by atoms with Crippen molar-refractivity contribution in [3.05, 3.63) is 0 Å². The lowest BCUT2D eigenvalue weighted by atomic mass is 9.48. The molecule has 0 radical (unpaired) electrons. The van der Waals surface area contributed by atoms with E-state index < -0.39 is 9.84 Å². The fraction of sp³-hybridized carbons (Fsp3) is 1.00. The first-order valence-electron chi connectivity index (χ1n) is 8.51. The van der Waals surface area contributed by atoms with Gasteiger partial charge in [-0.2, -0.15) is 0 Å². The minimum absolute atomic E-state index is 0.281. The number of nitrogens with two attached hydrogens (primary N) is 1. The number of hydrazine groups is 1. The third kappa shape index (κ3) is 3.80. The molecule has 4 fully saturated rings. The van der Waals surface area contributed by atoms with Crippen molar-refractivity contribution in [2.45, 2.75) is 63.8 Å². The van der Waals surface area contributed by atoms with E-state index in [1.54, 1.807) is 0 Å². The predicted octanol–water partition coefficient (Wildman–Crippen LogP) is 2.25. The van der Waals surface area contributed by atoms with E-state index in [2.05, 4.69) is 5.43 Å². The van der Waals surface area contributed by atoms with E-state index >= 15 is 0 Å². The monoisotopic (exact) mass is 314 g/mol. The molecule has 0 aromatic rings. The summed E-state index contributed by atoms with van der Waals surface area (Å²) in [7, 11) is -2.85. The molecule has 5 heteroatoms. The van der Waals surface area contributed by atoms with E-state index in [1.807, 2.05) is 0 Å². The van der Waals surface area contributed by atoms with Crippen LogP contribution >= 0.6 is 0 Å². The van der Waals surface area contributed by atoms with Gasteiger partial charge in [-0.3, -0.25) is 11.3 Å². The van der Waals surface area contributed by atoms with E-state index in [9.17, 15) is 8.42 Å². The third-order valence-corrected chi connectivity index (χ3v) is 7.18. The minimum Gasteiger partial charge on any atom is -0.271 e. The summed E-state index contributed by atoms with van der Waals surface area (Å²) in [5.41, 5.74) is 3.48. The Labute approximate surface area is 129 Å². The molecule has 4 saturated carbocycles. The lowest BCUT2D eigenvalue weighted by Crippen LogP contribution is -2.49. The summed E-state index contributed by atoms with van der Waals surface area (Å²) in [6.45, 7) is 0. The number of rotatable bonds is 7. The van der Waals surface area contributed by atoms with Gasteiger partial charge in [-0.05, 0) is 81.0 Å². The molecule has 0 spiro atoms. The van der Waals surface area contributed by atoms with Gasteiger partial charge >= 0.3 is 0 Å². The standard InChI is InChI=1S/C16H30N2O2S/c1-21(19,20)4-2-3-15(18-17)11-16-8-12-5-13(9-16)7-14(6-12)10-16/h12-15,18H,2-11,17H2,1H3. The second kappa shape index (κ2) is 5.82. The molecule has 0 heterocycles. The maximum Gasteiger partial charge on any atom is 0.147 e. The van der Waals surface area contributed by atoms with Gasteiger partial charge in [-0.25, -0.2) is 8.42 Å². The van der Waals surface area contributed by atoms with Crippen molar-refractivity contribution in [3.63, 3.8) is 0 Å². The highest BCUT2D eigenvalue weighted by atomic mass is 32.2. The van der Waals surface area contributed by atoms with Crippen LogP contribution in [0.1, 0.15) is 57.8 Å². The molecule has 122 valence electrons. The molecule has 3 N–H and O–H groups in total. The highest BCUT2D eigenvalue weighted by Crippen LogP contribution is 2.61. The molecule has 4 aliphatic carbocycles. The molecule has 21 heavy (non-hydrogen) atoms. The number of hydrogen-bond acceptors (Lipinski definition) is 4. The first-order valence-corrected chi connectivity index (χ1v) is 10.6. The van der Waals surface area contributed by atoms with Crippen LogP contribution in [-0.2, 0) is 9.84 Å². The zero-order valence-corrected chi connectivity index (χ0v) is 14.0. The van der Waals surface area contributed by atoms with Crippen LogP contribution < -0.4 is 11.3 Å². The molecule has 4 aliphatic rings. The highest BCUT2D eigenvalue weighted by Gasteiger charge is 2.51. The number of sulfone groups is 1. The summed E-state index contributed by atoms with van der Waals surface area (Å²) in [6.07, 6.45) is 12.6. The highest BCUT2D eigenvalue weighted by molar-refractivity contribution is 7.90. The van der Waals surface area contributed by atoms with Crippen LogP contribution in [0.25, 0.3) is 0 Å². The van der Waals surface area contributed by atoms with Gasteiger partial charge in [0.05, 0.1) is 0 Å². The fourth-order valence-electron chi connectivity index (χ4n) is 5.90. The van der Waals surface area contributed by atoms with E-state index in [1.165, 1.54) is 44.8 Å². The topological polar surface area (TPSA) is 72.2 Å². The Bertz CT molecular complexity index is 439. The summed E-state index contributed by atoms with van der Waals surface area (Å²) in [5.74, 6) is 8.93. The van der Waals surface area contributed by atoms with Crippen molar-refractivity contribution in [1.29, 1.82) is 0 Å². The third-order valence-electron chi connectivity index (χ3n) is 6.15. The average Bonchev–Trinajstić information content (AvgIpc) is 2.34. The minimum atomic E-state index is -2.85. The zero-order chi connectivity index (χ0) is 15.1. The lowest BCUT2D eigenvalue weighted by molar-refractivity contribution is -0.0624. The van der Waals surface area contributed by atoms with Crippen LogP contribution in [0.15, 0.2) is 0 Å². The largest absolute Gasteiger partial charge is 0.271 e.